The van der Waals surface area contributed by atoms with E-state index in [1.807, 2.05) is 13.8 Å². The van der Waals surface area contributed by atoms with Crippen LogP contribution in [-0.2, 0) is 11.0 Å². The summed E-state index contributed by atoms with van der Waals surface area (Å²) >= 11 is 0. The van der Waals surface area contributed by atoms with Crippen LogP contribution in [0, 0.1) is 13.8 Å². The number of carboxylic acid groups (broad SMARTS) is 1. The number of alkyl halides is 3. The van der Waals surface area contributed by atoms with Gasteiger partial charge >= 0.3 is 12.1 Å². The van der Waals surface area contributed by atoms with Crippen LogP contribution < -0.4 is 0 Å². The van der Waals surface area contributed by atoms with E-state index in [0.29, 0.717) is 5.69 Å². The number of carboxylic acids is 1. The summed E-state index contributed by atoms with van der Waals surface area (Å²) in [7, 11) is 0. The van der Waals surface area contributed by atoms with Crippen LogP contribution in [0.2, 0.25) is 0 Å². The maximum absolute atomic E-state index is 13.5. The molecular weight excluding hydrogens is 475 g/mol. The summed E-state index contributed by atoms with van der Waals surface area (Å²) in [5.41, 5.74) is 1.51. The minimum Gasteiger partial charge on any atom is -0.505 e. The van der Waals surface area contributed by atoms with Gasteiger partial charge in [0.25, 0.3) is 0 Å². The van der Waals surface area contributed by atoms with Crippen molar-refractivity contribution in [1.29, 1.82) is 0 Å². The van der Waals surface area contributed by atoms with E-state index >= 15 is 0 Å². The molecule has 10 heteroatoms. The van der Waals surface area contributed by atoms with Crippen molar-refractivity contribution in [3.05, 3.63) is 82.9 Å². The minimum absolute atomic E-state index is 0.0269. The summed E-state index contributed by atoms with van der Waals surface area (Å²) in [6, 6.07) is 12.6. The van der Waals surface area contributed by atoms with Crippen molar-refractivity contribution in [1.82, 2.24) is 4.57 Å². The van der Waals surface area contributed by atoms with Crippen molar-refractivity contribution in [3.8, 4) is 17.3 Å². The molecule has 0 atom stereocenters. The van der Waals surface area contributed by atoms with Crippen LogP contribution >= 0.6 is 0 Å². The average molecular weight is 495 g/mol. The molecule has 36 heavy (non-hydrogen) atoms. The van der Waals surface area contributed by atoms with Gasteiger partial charge in [-0.2, -0.15) is 13.2 Å². The number of halogens is 3. The molecule has 1 heterocycles. The Bertz CT molecular complexity index is 1550. The highest BCUT2D eigenvalue weighted by atomic mass is 19.4. The molecule has 0 radical (unpaired) electrons. The summed E-state index contributed by atoms with van der Waals surface area (Å²) < 4.78 is 41.6. The average Bonchev–Trinajstić information content (AvgIpc) is 3.09. The SMILES string of the molecule is Cc1ccc(-n2c(O)c(N=Nc3cccc(C=CC(=O)O)c3O)c3ccc(C(F)(F)F)cc32)cc1C. The number of hydrogen-bond acceptors (Lipinski definition) is 5. The van der Waals surface area contributed by atoms with Crippen LogP contribution in [0.3, 0.4) is 0 Å². The molecule has 0 saturated heterocycles. The lowest BCUT2D eigenvalue weighted by atomic mass is 10.1. The number of fused-ring (bicyclic) bond motifs is 1. The van der Waals surface area contributed by atoms with Crippen molar-refractivity contribution in [2.24, 2.45) is 10.2 Å². The Kier molecular flexibility index (Phi) is 6.28. The fraction of sp³-hybridized carbons (Fsp3) is 0.115. The van der Waals surface area contributed by atoms with E-state index < -0.39 is 23.6 Å². The molecule has 7 nitrogen and oxygen atoms in total. The zero-order chi connectivity index (χ0) is 26.2. The third kappa shape index (κ3) is 4.65. The summed E-state index contributed by atoms with van der Waals surface area (Å²) in [4.78, 5) is 10.8. The number of benzene rings is 3. The number of para-hydroxylation sites is 1. The van der Waals surface area contributed by atoms with Gasteiger partial charge in [-0.15, -0.1) is 10.2 Å². The number of nitrogens with zero attached hydrogens (tertiary/aromatic N) is 3. The first kappa shape index (κ1) is 24.5. The van der Waals surface area contributed by atoms with Gasteiger partial charge in [-0.3, -0.25) is 4.57 Å². The minimum atomic E-state index is -4.60. The van der Waals surface area contributed by atoms with Gasteiger partial charge in [-0.05, 0) is 67.4 Å². The van der Waals surface area contributed by atoms with E-state index in [0.717, 1.165) is 29.3 Å². The lowest BCUT2D eigenvalue weighted by Crippen LogP contribution is -2.05. The molecule has 4 rings (SSSR count). The number of aryl methyl sites for hydroxylation is 2. The Morgan fingerprint density at radius 1 is 0.972 bits per heavy atom. The fourth-order valence-electron chi connectivity index (χ4n) is 3.69. The van der Waals surface area contributed by atoms with Crippen molar-refractivity contribution in [2.75, 3.05) is 0 Å². The molecule has 0 saturated carbocycles. The maximum Gasteiger partial charge on any atom is 0.416 e. The third-order valence-corrected chi connectivity index (χ3v) is 5.70. The summed E-state index contributed by atoms with van der Waals surface area (Å²) in [5.74, 6) is -1.99. The molecule has 0 unspecified atom stereocenters. The van der Waals surface area contributed by atoms with E-state index in [1.165, 1.54) is 34.9 Å². The van der Waals surface area contributed by atoms with Gasteiger partial charge in [0, 0.05) is 22.7 Å². The van der Waals surface area contributed by atoms with E-state index in [-0.39, 0.29) is 33.6 Å². The quantitative estimate of drug-likeness (QED) is 0.201. The van der Waals surface area contributed by atoms with Gasteiger partial charge in [0.05, 0.1) is 11.1 Å². The topological polar surface area (TPSA) is 107 Å². The van der Waals surface area contributed by atoms with Crippen LogP contribution in [0.5, 0.6) is 11.6 Å². The van der Waals surface area contributed by atoms with Crippen LogP contribution in [0.25, 0.3) is 22.7 Å². The van der Waals surface area contributed by atoms with E-state index in [9.17, 15) is 28.2 Å². The number of carbonyl (C=O) groups is 1. The van der Waals surface area contributed by atoms with Crippen LogP contribution in [0.15, 0.2) is 70.9 Å². The molecule has 3 N–H and O–H groups in total. The first-order valence-corrected chi connectivity index (χ1v) is 10.6. The molecule has 0 bridgehead atoms. The number of phenols is 1. The monoisotopic (exact) mass is 495 g/mol. The Morgan fingerprint density at radius 3 is 2.39 bits per heavy atom. The van der Waals surface area contributed by atoms with Gasteiger partial charge in [-0.1, -0.05) is 18.2 Å². The summed E-state index contributed by atoms with van der Waals surface area (Å²) in [6.07, 6.45) is -2.57. The predicted molar refractivity (Wildman–Crippen MR) is 128 cm³/mol. The van der Waals surface area contributed by atoms with E-state index in [1.54, 1.807) is 18.2 Å². The summed E-state index contributed by atoms with van der Waals surface area (Å²) in [6.45, 7) is 3.73. The molecule has 4 aromatic rings. The molecule has 0 spiro atoms. The molecule has 0 aliphatic carbocycles. The molecule has 0 aliphatic heterocycles. The molecular formula is C26H20F3N3O4. The first-order chi connectivity index (χ1) is 17.0. The van der Waals surface area contributed by atoms with Crippen molar-refractivity contribution in [3.63, 3.8) is 0 Å². The van der Waals surface area contributed by atoms with Crippen molar-refractivity contribution >= 4 is 34.3 Å². The number of hydrogen-bond donors (Lipinski definition) is 3. The van der Waals surface area contributed by atoms with Gasteiger partial charge < -0.3 is 15.3 Å². The summed E-state index contributed by atoms with van der Waals surface area (Å²) in [5, 5.41) is 38.5. The third-order valence-electron chi connectivity index (χ3n) is 5.70. The fourth-order valence-corrected chi connectivity index (χ4v) is 3.69. The number of aromatic hydroxyl groups is 2. The highest BCUT2D eigenvalue weighted by Gasteiger charge is 2.32. The van der Waals surface area contributed by atoms with Gasteiger partial charge in [0.15, 0.2) is 5.69 Å². The predicted octanol–water partition coefficient (Wildman–Crippen LogP) is 7.19. The number of rotatable bonds is 5. The largest absolute Gasteiger partial charge is 0.505 e. The van der Waals surface area contributed by atoms with Crippen LogP contribution in [-0.4, -0.2) is 25.9 Å². The second-order valence-corrected chi connectivity index (χ2v) is 8.09. The zero-order valence-corrected chi connectivity index (χ0v) is 19.1. The number of azo groups is 1. The Balaban J connectivity index is 1.90. The Hall–Kier alpha value is -4.60. The number of aromatic nitrogens is 1. The first-order valence-electron chi connectivity index (χ1n) is 10.6. The zero-order valence-electron chi connectivity index (χ0n) is 19.1. The van der Waals surface area contributed by atoms with Crippen LogP contribution in [0.1, 0.15) is 22.3 Å². The van der Waals surface area contributed by atoms with Gasteiger partial charge in [-0.25, -0.2) is 4.79 Å². The Morgan fingerprint density at radius 2 is 1.72 bits per heavy atom. The molecule has 1 aromatic heterocycles. The highest BCUT2D eigenvalue weighted by molar-refractivity contribution is 5.97. The van der Waals surface area contributed by atoms with E-state index in [2.05, 4.69) is 10.2 Å². The van der Waals surface area contributed by atoms with Gasteiger partial charge in [0.2, 0.25) is 5.88 Å². The smallest absolute Gasteiger partial charge is 0.416 e. The maximum atomic E-state index is 13.5. The highest BCUT2D eigenvalue weighted by Crippen LogP contribution is 2.44. The molecule has 3 aromatic carbocycles. The molecule has 0 amide bonds. The van der Waals surface area contributed by atoms with Crippen molar-refractivity contribution < 1.29 is 33.3 Å². The van der Waals surface area contributed by atoms with Crippen molar-refractivity contribution in [2.45, 2.75) is 20.0 Å². The lowest BCUT2D eigenvalue weighted by molar-refractivity contribution is -0.137. The standard InChI is InChI=1S/C26H20F3N3O4/c1-14-6-9-18(12-15(14)2)32-21-13-17(26(27,28)29)8-10-19(21)23(25(32)36)31-30-20-5-3-4-16(24(20)35)7-11-22(33)34/h3-13,35-36H,1-2H3,(H,33,34). The molecule has 0 aliphatic rings. The molecule has 0 fully saturated rings. The molecule has 184 valence electrons. The normalized spacial score (nSPS) is 12.2. The Labute approximate surface area is 203 Å². The second kappa shape index (κ2) is 9.21. The number of aliphatic carboxylic acids is 1. The van der Waals surface area contributed by atoms with E-state index in [4.69, 9.17) is 5.11 Å². The lowest BCUT2D eigenvalue weighted by Gasteiger charge is -2.11. The van der Waals surface area contributed by atoms with Gasteiger partial charge in [0.1, 0.15) is 11.4 Å². The number of phenolic OH excluding ortho intramolecular Hbond substituents is 1. The second-order valence-electron chi connectivity index (χ2n) is 8.09. The van der Waals surface area contributed by atoms with Crippen LogP contribution in [0.4, 0.5) is 24.5 Å².